The van der Waals surface area contributed by atoms with Gasteiger partial charge < -0.3 is 19.5 Å². The van der Waals surface area contributed by atoms with Crippen LogP contribution in [0.2, 0.25) is 0 Å². The number of carbonyl (C=O) groups is 1. The van der Waals surface area contributed by atoms with Crippen LogP contribution >= 0.6 is 0 Å². The summed E-state index contributed by atoms with van der Waals surface area (Å²) in [5, 5.41) is 6.21. The molecule has 0 aliphatic carbocycles. The normalized spacial score (nSPS) is 28.8. The summed E-state index contributed by atoms with van der Waals surface area (Å²) in [6.07, 6.45) is 0.0356. The first-order valence-corrected chi connectivity index (χ1v) is 8.63. The topological polar surface area (TPSA) is 68.8 Å². The van der Waals surface area contributed by atoms with Crippen molar-refractivity contribution in [2.24, 2.45) is 5.92 Å². The van der Waals surface area contributed by atoms with E-state index in [-0.39, 0.29) is 24.4 Å². The number of anilines is 1. The van der Waals surface area contributed by atoms with Gasteiger partial charge in [-0.25, -0.2) is 4.79 Å². The van der Waals surface area contributed by atoms with Crippen molar-refractivity contribution in [1.82, 2.24) is 5.32 Å². The molecular formula is C18H26N2O4. The van der Waals surface area contributed by atoms with Gasteiger partial charge in [0.1, 0.15) is 12.2 Å². The lowest BCUT2D eigenvalue weighted by molar-refractivity contribution is 0.00856. The maximum atomic E-state index is 12.0. The van der Waals surface area contributed by atoms with E-state index in [0.717, 1.165) is 13.0 Å². The fourth-order valence-electron chi connectivity index (χ4n) is 3.10. The van der Waals surface area contributed by atoms with Crippen LogP contribution < -0.4 is 10.6 Å². The molecule has 6 heteroatoms. The molecule has 2 aliphatic rings. The maximum Gasteiger partial charge on any atom is 0.412 e. The highest BCUT2D eigenvalue weighted by molar-refractivity contribution is 5.84. The minimum Gasteiger partial charge on any atom is -0.441 e. The maximum absolute atomic E-state index is 12.0. The third-order valence-corrected chi connectivity index (χ3v) is 4.41. The summed E-state index contributed by atoms with van der Waals surface area (Å²) in [6, 6.07) is 9.41. The molecule has 1 aromatic carbocycles. The zero-order valence-corrected chi connectivity index (χ0v) is 14.2. The Hall–Kier alpha value is -1.63. The average molecular weight is 334 g/mol. The minimum atomic E-state index is -0.477. The van der Waals surface area contributed by atoms with E-state index in [1.54, 1.807) is 0 Å². The quantitative estimate of drug-likeness (QED) is 0.836. The number of hydrogen-bond donors (Lipinski definition) is 2. The van der Waals surface area contributed by atoms with Crippen LogP contribution in [-0.2, 0) is 14.2 Å². The van der Waals surface area contributed by atoms with Crippen molar-refractivity contribution in [2.75, 3.05) is 25.1 Å². The number of rotatable bonds is 6. The Kier molecular flexibility index (Phi) is 5.71. The lowest BCUT2D eigenvalue weighted by Crippen LogP contribution is -2.42. The molecule has 0 spiro atoms. The first-order chi connectivity index (χ1) is 11.6. The number of benzene rings is 1. The van der Waals surface area contributed by atoms with Crippen LogP contribution in [0.1, 0.15) is 20.3 Å². The smallest absolute Gasteiger partial charge is 0.412 e. The Morgan fingerprint density at radius 2 is 1.96 bits per heavy atom. The zero-order valence-electron chi connectivity index (χ0n) is 14.2. The molecule has 6 nitrogen and oxygen atoms in total. The molecule has 3 rings (SSSR count). The minimum absolute atomic E-state index is 0.0494. The van der Waals surface area contributed by atoms with Crippen LogP contribution in [0.25, 0.3) is 0 Å². The number of ether oxygens (including phenoxy) is 3. The molecule has 0 saturated carbocycles. The van der Waals surface area contributed by atoms with E-state index >= 15 is 0 Å². The summed E-state index contributed by atoms with van der Waals surface area (Å²) in [4.78, 5) is 12.0. The number of nitrogens with one attached hydrogen (secondary N) is 2. The number of hydrogen-bond acceptors (Lipinski definition) is 5. The van der Waals surface area contributed by atoms with Gasteiger partial charge in [0.05, 0.1) is 19.3 Å². The molecule has 0 aromatic heterocycles. The lowest BCUT2D eigenvalue weighted by atomic mass is 10.1. The van der Waals surface area contributed by atoms with E-state index in [0.29, 0.717) is 24.8 Å². The SMILES string of the molecule is CC(C)CCNC1COC2C(OC(=O)Nc3ccccc3)COC12. The van der Waals surface area contributed by atoms with Crippen molar-refractivity contribution >= 4 is 11.8 Å². The number of amides is 1. The standard InChI is InChI=1S/C18H26N2O4/c1-12(2)8-9-19-14-10-22-17-15(11-23-16(14)17)24-18(21)20-13-6-4-3-5-7-13/h3-7,12,14-17,19H,8-11H2,1-2H3,(H,20,21). The molecule has 2 heterocycles. The Labute approximate surface area is 142 Å². The second-order valence-corrected chi connectivity index (χ2v) is 6.77. The molecular weight excluding hydrogens is 308 g/mol. The molecule has 0 radical (unpaired) electrons. The van der Waals surface area contributed by atoms with Crippen LogP contribution in [0.5, 0.6) is 0 Å². The van der Waals surface area contributed by atoms with Gasteiger partial charge in [-0.15, -0.1) is 0 Å². The predicted molar refractivity (Wildman–Crippen MR) is 91.1 cm³/mol. The third-order valence-electron chi connectivity index (χ3n) is 4.41. The van der Waals surface area contributed by atoms with E-state index in [2.05, 4.69) is 24.5 Å². The van der Waals surface area contributed by atoms with Gasteiger partial charge in [-0.1, -0.05) is 32.0 Å². The second kappa shape index (κ2) is 7.96. The Balaban J connectivity index is 1.46. The van der Waals surface area contributed by atoms with Crippen LogP contribution in [0.15, 0.2) is 30.3 Å². The van der Waals surface area contributed by atoms with Crippen LogP contribution in [0.3, 0.4) is 0 Å². The Bertz CT molecular complexity index is 537. The van der Waals surface area contributed by atoms with Gasteiger partial charge in [0, 0.05) is 5.69 Å². The van der Waals surface area contributed by atoms with Gasteiger partial charge in [-0.05, 0) is 31.0 Å². The molecule has 2 N–H and O–H groups in total. The highest BCUT2D eigenvalue weighted by atomic mass is 16.6. The number of fused-ring (bicyclic) bond motifs is 1. The first kappa shape index (κ1) is 17.2. The molecule has 0 bridgehead atoms. The third kappa shape index (κ3) is 4.26. The lowest BCUT2D eigenvalue weighted by Gasteiger charge is -2.18. The van der Waals surface area contributed by atoms with Gasteiger partial charge in [0.25, 0.3) is 0 Å². The molecule has 132 valence electrons. The highest BCUT2D eigenvalue weighted by Crippen LogP contribution is 2.29. The number of para-hydroxylation sites is 1. The van der Waals surface area contributed by atoms with Gasteiger partial charge in [0.2, 0.25) is 0 Å². The molecule has 4 unspecified atom stereocenters. The molecule has 2 fully saturated rings. The average Bonchev–Trinajstić information content (AvgIpc) is 3.12. The fraction of sp³-hybridized carbons (Fsp3) is 0.611. The zero-order chi connectivity index (χ0) is 16.9. The van der Waals surface area contributed by atoms with Gasteiger partial charge >= 0.3 is 6.09 Å². The van der Waals surface area contributed by atoms with E-state index in [1.165, 1.54) is 0 Å². The van der Waals surface area contributed by atoms with E-state index in [1.807, 2.05) is 30.3 Å². The summed E-state index contributed by atoms with van der Waals surface area (Å²) >= 11 is 0. The number of carbonyl (C=O) groups excluding carboxylic acids is 1. The first-order valence-electron chi connectivity index (χ1n) is 8.63. The van der Waals surface area contributed by atoms with Crippen LogP contribution in [0.4, 0.5) is 10.5 Å². The van der Waals surface area contributed by atoms with Crippen molar-refractivity contribution in [3.8, 4) is 0 Å². The van der Waals surface area contributed by atoms with Crippen molar-refractivity contribution in [3.63, 3.8) is 0 Å². The Morgan fingerprint density at radius 3 is 2.71 bits per heavy atom. The van der Waals surface area contributed by atoms with Crippen molar-refractivity contribution < 1.29 is 19.0 Å². The summed E-state index contributed by atoms with van der Waals surface area (Å²) in [5.41, 5.74) is 0.707. The highest BCUT2D eigenvalue weighted by Gasteiger charge is 2.49. The molecule has 1 amide bonds. The van der Waals surface area contributed by atoms with Gasteiger partial charge in [-0.3, -0.25) is 5.32 Å². The summed E-state index contributed by atoms with van der Waals surface area (Å²) in [5.74, 6) is 0.665. The Morgan fingerprint density at radius 1 is 1.21 bits per heavy atom. The van der Waals surface area contributed by atoms with Crippen LogP contribution in [0, 0.1) is 5.92 Å². The largest absolute Gasteiger partial charge is 0.441 e. The van der Waals surface area contributed by atoms with E-state index in [9.17, 15) is 4.79 Å². The summed E-state index contributed by atoms with van der Waals surface area (Å²) in [7, 11) is 0. The molecule has 1 aromatic rings. The fourth-order valence-corrected chi connectivity index (χ4v) is 3.10. The monoisotopic (exact) mass is 334 g/mol. The van der Waals surface area contributed by atoms with Gasteiger partial charge in [-0.2, -0.15) is 0 Å². The van der Waals surface area contributed by atoms with Crippen molar-refractivity contribution in [3.05, 3.63) is 30.3 Å². The molecule has 4 atom stereocenters. The van der Waals surface area contributed by atoms with E-state index < -0.39 is 6.09 Å². The predicted octanol–water partition coefficient (Wildman–Crippen LogP) is 2.41. The van der Waals surface area contributed by atoms with Crippen molar-refractivity contribution in [2.45, 2.75) is 44.6 Å². The molecule has 2 saturated heterocycles. The second-order valence-electron chi connectivity index (χ2n) is 6.77. The van der Waals surface area contributed by atoms with Crippen molar-refractivity contribution in [1.29, 1.82) is 0 Å². The van der Waals surface area contributed by atoms with E-state index in [4.69, 9.17) is 14.2 Å². The van der Waals surface area contributed by atoms with Gasteiger partial charge in [0.15, 0.2) is 6.10 Å². The molecule has 24 heavy (non-hydrogen) atoms. The molecule has 2 aliphatic heterocycles. The summed E-state index contributed by atoms with van der Waals surface area (Å²) in [6.45, 7) is 6.32. The summed E-state index contributed by atoms with van der Waals surface area (Å²) < 4.78 is 17.1. The van der Waals surface area contributed by atoms with Crippen LogP contribution in [-0.4, -0.2) is 50.2 Å².